The highest BCUT2D eigenvalue weighted by Gasteiger charge is 2.14. The van der Waals surface area contributed by atoms with Gasteiger partial charge in [0.05, 0.1) is 18.2 Å². The van der Waals surface area contributed by atoms with Gasteiger partial charge in [0.25, 0.3) is 0 Å². The molecule has 7 nitrogen and oxygen atoms in total. The lowest BCUT2D eigenvalue weighted by molar-refractivity contribution is 0.201. The van der Waals surface area contributed by atoms with Crippen molar-refractivity contribution in [2.75, 3.05) is 7.11 Å². The zero-order valence-corrected chi connectivity index (χ0v) is 18.7. The average molecular weight is 450 g/mol. The summed E-state index contributed by atoms with van der Waals surface area (Å²) in [7, 11) is 1.51. The van der Waals surface area contributed by atoms with E-state index >= 15 is 0 Å². The van der Waals surface area contributed by atoms with Crippen LogP contribution in [0, 0.1) is 0 Å². The van der Waals surface area contributed by atoms with E-state index in [4.69, 9.17) is 26.8 Å². The predicted octanol–water partition coefficient (Wildman–Crippen LogP) is 4.71. The van der Waals surface area contributed by atoms with Crippen LogP contribution in [-0.2, 0) is 6.54 Å². The summed E-state index contributed by atoms with van der Waals surface area (Å²) in [5, 5.41) is 0.521. The topological polar surface area (TPSA) is 96.0 Å². The fourth-order valence-corrected chi connectivity index (χ4v) is 3.02. The SMILES string of the molecule is CCC[C@@H](C)Oc1ccc(-c2nc(OC)nc(-c3cc(CN)ccc3Cl)n2)cn1.Cl. The van der Waals surface area contributed by atoms with Gasteiger partial charge in [-0.15, -0.1) is 12.4 Å². The van der Waals surface area contributed by atoms with Crippen molar-refractivity contribution in [2.24, 2.45) is 5.73 Å². The molecule has 1 aromatic carbocycles. The Balaban J connectivity index is 0.00000320. The molecule has 30 heavy (non-hydrogen) atoms. The van der Waals surface area contributed by atoms with Crippen molar-refractivity contribution >= 4 is 24.0 Å². The standard InChI is InChI=1S/C21H24ClN5O2.ClH/c1-4-5-13(2)29-18-9-7-15(12-24-18)19-25-20(27-21(26-19)28-3)16-10-14(11-23)6-8-17(16)22;/h6-10,12-13H,4-5,11,23H2,1-3H3;1H/t13-;/m1./s1. The molecule has 2 heterocycles. The van der Waals surface area contributed by atoms with Gasteiger partial charge in [-0.05, 0) is 37.1 Å². The van der Waals surface area contributed by atoms with Gasteiger partial charge in [0.15, 0.2) is 11.6 Å². The third-order valence-electron chi connectivity index (χ3n) is 4.32. The zero-order valence-electron chi connectivity index (χ0n) is 17.1. The molecule has 0 fully saturated rings. The molecule has 0 radical (unpaired) electrons. The first-order chi connectivity index (χ1) is 14.0. The Labute approximate surface area is 187 Å². The quantitative estimate of drug-likeness (QED) is 0.531. The molecule has 2 N–H and O–H groups in total. The summed E-state index contributed by atoms with van der Waals surface area (Å²) in [6, 6.07) is 9.37. The molecule has 0 saturated carbocycles. The van der Waals surface area contributed by atoms with Crippen LogP contribution < -0.4 is 15.2 Å². The molecule has 0 aliphatic heterocycles. The van der Waals surface area contributed by atoms with Gasteiger partial charge in [-0.2, -0.15) is 9.97 Å². The summed E-state index contributed by atoms with van der Waals surface area (Å²) in [6.07, 6.45) is 3.81. The van der Waals surface area contributed by atoms with Crippen molar-refractivity contribution in [1.29, 1.82) is 0 Å². The van der Waals surface area contributed by atoms with Crippen LogP contribution in [0.2, 0.25) is 5.02 Å². The normalized spacial score (nSPS) is 11.5. The maximum atomic E-state index is 6.37. The number of nitrogens with zero attached hydrogens (tertiary/aromatic N) is 4. The average Bonchev–Trinajstić information content (AvgIpc) is 2.74. The van der Waals surface area contributed by atoms with E-state index in [0.717, 1.165) is 18.4 Å². The van der Waals surface area contributed by atoms with Crippen molar-refractivity contribution in [3.63, 3.8) is 0 Å². The Hall–Kier alpha value is -2.48. The van der Waals surface area contributed by atoms with Crippen LogP contribution in [0.1, 0.15) is 32.3 Å². The van der Waals surface area contributed by atoms with Crippen molar-refractivity contribution < 1.29 is 9.47 Å². The first-order valence-electron chi connectivity index (χ1n) is 9.46. The molecule has 0 unspecified atom stereocenters. The minimum Gasteiger partial charge on any atom is -0.475 e. The maximum Gasteiger partial charge on any atom is 0.320 e. The number of rotatable bonds is 8. The number of pyridine rings is 1. The number of methoxy groups -OCH3 is 1. The minimum absolute atomic E-state index is 0. The van der Waals surface area contributed by atoms with E-state index < -0.39 is 0 Å². The van der Waals surface area contributed by atoms with E-state index in [-0.39, 0.29) is 24.5 Å². The summed E-state index contributed by atoms with van der Waals surface area (Å²) in [4.78, 5) is 17.6. The highest BCUT2D eigenvalue weighted by Crippen LogP contribution is 2.29. The minimum atomic E-state index is 0. The van der Waals surface area contributed by atoms with E-state index in [2.05, 4.69) is 26.9 Å². The molecule has 160 valence electrons. The van der Waals surface area contributed by atoms with Gasteiger partial charge in [-0.1, -0.05) is 31.0 Å². The second kappa shape index (κ2) is 11.1. The van der Waals surface area contributed by atoms with Crippen LogP contribution in [0.25, 0.3) is 22.8 Å². The molecule has 0 aliphatic rings. The summed E-state index contributed by atoms with van der Waals surface area (Å²) < 4.78 is 11.1. The fourth-order valence-electron chi connectivity index (χ4n) is 2.82. The van der Waals surface area contributed by atoms with Crippen molar-refractivity contribution in [3.05, 3.63) is 47.1 Å². The first-order valence-corrected chi connectivity index (χ1v) is 9.83. The molecule has 2 aromatic heterocycles. The molecule has 0 saturated heterocycles. The van der Waals surface area contributed by atoms with Gasteiger partial charge in [0, 0.05) is 29.9 Å². The first kappa shape index (κ1) is 23.8. The van der Waals surface area contributed by atoms with E-state index in [1.54, 1.807) is 18.3 Å². The molecule has 1 atom stereocenters. The second-order valence-corrected chi connectivity index (χ2v) is 7.00. The molecule has 3 rings (SSSR count). The van der Waals surface area contributed by atoms with E-state index in [9.17, 15) is 0 Å². The Morgan fingerprint density at radius 2 is 1.87 bits per heavy atom. The summed E-state index contributed by atoms with van der Waals surface area (Å²) in [5.41, 5.74) is 8.06. The highest BCUT2D eigenvalue weighted by atomic mass is 35.5. The van der Waals surface area contributed by atoms with Crippen LogP contribution in [-0.4, -0.2) is 33.1 Å². The van der Waals surface area contributed by atoms with E-state index in [1.165, 1.54) is 7.11 Å². The maximum absolute atomic E-state index is 6.37. The largest absolute Gasteiger partial charge is 0.475 e. The van der Waals surface area contributed by atoms with Gasteiger partial charge in [-0.25, -0.2) is 9.97 Å². The number of aromatic nitrogens is 4. The van der Waals surface area contributed by atoms with Gasteiger partial charge < -0.3 is 15.2 Å². The lowest BCUT2D eigenvalue weighted by atomic mass is 10.1. The van der Waals surface area contributed by atoms with E-state index in [1.807, 2.05) is 25.1 Å². The number of nitrogens with two attached hydrogens (primary N) is 1. The van der Waals surface area contributed by atoms with Gasteiger partial charge in [0.1, 0.15) is 0 Å². The number of halogens is 2. The smallest absolute Gasteiger partial charge is 0.320 e. The van der Waals surface area contributed by atoms with Gasteiger partial charge in [-0.3, -0.25) is 0 Å². The molecular formula is C21H25Cl2N5O2. The number of hydrogen-bond acceptors (Lipinski definition) is 7. The molecule has 0 bridgehead atoms. The second-order valence-electron chi connectivity index (χ2n) is 6.59. The molecule has 0 amide bonds. The van der Waals surface area contributed by atoms with Gasteiger partial charge in [0.2, 0.25) is 5.88 Å². The van der Waals surface area contributed by atoms with Crippen LogP contribution in [0.4, 0.5) is 0 Å². The number of ether oxygens (including phenoxy) is 2. The third kappa shape index (κ3) is 5.78. The number of hydrogen-bond donors (Lipinski definition) is 1. The van der Waals surface area contributed by atoms with Crippen molar-refractivity contribution in [2.45, 2.75) is 39.3 Å². The molecule has 0 spiro atoms. The summed E-state index contributed by atoms with van der Waals surface area (Å²) in [6.45, 7) is 4.54. The predicted molar refractivity (Wildman–Crippen MR) is 120 cm³/mol. The summed E-state index contributed by atoms with van der Waals surface area (Å²) in [5.74, 6) is 1.40. The van der Waals surface area contributed by atoms with Crippen molar-refractivity contribution in [1.82, 2.24) is 19.9 Å². The molecule has 9 heteroatoms. The van der Waals surface area contributed by atoms with Crippen LogP contribution in [0.3, 0.4) is 0 Å². The molecular weight excluding hydrogens is 425 g/mol. The van der Waals surface area contributed by atoms with Crippen LogP contribution >= 0.6 is 24.0 Å². The fraction of sp³-hybridized carbons (Fsp3) is 0.333. The zero-order chi connectivity index (χ0) is 20.8. The lowest BCUT2D eigenvalue weighted by Gasteiger charge is -2.13. The molecule has 3 aromatic rings. The summed E-state index contributed by atoms with van der Waals surface area (Å²) >= 11 is 6.37. The third-order valence-corrected chi connectivity index (χ3v) is 4.65. The van der Waals surface area contributed by atoms with E-state index in [0.29, 0.717) is 40.2 Å². The highest BCUT2D eigenvalue weighted by molar-refractivity contribution is 6.33. The Kier molecular flexibility index (Phi) is 8.77. The van der Waals surface area contributed by atoms with Crippen LogP contribution in [0.5, 0.6) is 11.9 Å². The van der Waals surface area contributed by atoms with Crippen molar-refractivity contribution in [3.8, 4) is 34.7 Å². The lowest BCUT2D eigenvalue weighted by Crippen LogP contribution is -2.11. The Bertz CT molecular complexity index is 970. The number of benzene rings is 1. The molecule has 0 aliphatic carbocycles. The Morgan fingerprint density at radius 1 is 1.10 bits per heavy atom. The van der Waals surface area contributed by atoms with Gasteiger partial charge >= 0.3 is 6.01 Å². The monoisotopic (exact) mass is 449 g/mol. The van der Waals surface area contributed by atoms with Crippen LogP contribution in [0.15, 0.2) is 36.5 Å². The Morgan fingerprint density at radius 3 is 2.50 bits per heavy atom.